The van der Waals surface area contributed by atoms with Gasteiger partial charge in [0, 0.05) is 12.0 Å². The van der Waals surface area contributed by atoms with E-state index in [2.05, 4.69) is 10.1 Å². The summed E-state index contributed by atoms with van der Waals surface area (Å²) in [6.07, 6.45) is -1.68. The number of likely N-dealkylation sites (N-methyl/N-ethyl adjacent to an activating group) is 1. The number of alkyl halides is 3. The second kappa shape index (κ2) is 6.23. The van der Waals surface area contributed by atoms with Crippen LogP contribution in [0.5, 0.6) is 5.75 Å². The van der Waals surface area contributed by atoms with Crippen molar-refractivity contribution in [3.05, 3.63) is 29.8 Å². The number of aliphatic hydroxyl groups is 1. The van der Waals surface area contributed by atoms with Gasteiger partial charge in [0.1, 0.15) is 5.75 Å². The van der Waals surface area contributed by atoms with E-state index in [-0.39, 0.29) is 5.75 Å². The molecule has 1 aromatic carbocycles. The highest BCUT2D eigenvalue weighted by atomic mass is 19.4. The Balaban J connectivity index is 2.25. The molecule has 3 nitrogen and oxygen atoms in total. The molecular weight excluding hydrogens is 283 g/mol. The van der Waals surface area contributed by atoms with Crippen LogP contribution in [0, 0.1) is 0 Å². The van der Waals surface area contributed by atoms with E-state index in [1.54, 1.807) is 12.1 Å². The van der Waals surface area contributed by atoms with Gasteiger partial charge >= 0.3 is 6.36 Å². The summed E-state index contributed by atoms with van der Waals surface area (Å²) < 4.78 is 40.4. The van der Waals surface area contributed by atoms with Crippen molar-refractivity contribution in [2.24, 2.45) is 0 Å². The summed E-state index contributed by atoms with van der Waals surface area (Å²) in [5.41, 5.74) is 0.405. The van der Waals surface area contributed by atoms with E-state index in [0.717, 1.165) is 24.8 Å². The fraction of sp³-hybridized carbons (Fsp3) is 0.600. The van der Waals surface area contributed by atoms with Gasteiger partial charge in [-0.15, -0.1) is 13.2 Å². The van der Waals surface area contributed by atoms with Crippen LogP contribution >= 0.6 is 0 Å². The molecule has 6 heteroatoms. The van der Waals surface area contributed by atoms with Crippen molar-refractivity contribution in [1.82, 2.24) is 5.32 Å². The van der Waals surface area contributed by atoms with Crippen LogP contribution < -0.4 is 10.1 Å². The van der Waals surface area contributed by atoms with Gasteiger partial charge in [0.25, 0.3) is 0 Å². The minimum atomic E-state index is -4.69. The Morgan fingerprint density at radius 2 is 1.95 bits per heavy atom. The monoisotopic (exact) mass is 303 g/mol. The summed E-state index contributed by atoms with van der Waals surface area (Å²) in [5, 5.41) is 13.5. The van der Waals surface area contributed by atoms with Crippen LogP contribution in [-0.2, 0) is 5.41 Å². The van der Waals surface area contributed by atoms with Crippen molar-refractivity contribution in [2.75, 3.05) is 13.6 Å². The average molecular weight is 303 g/mol. The van der Waals surface area contributed by atoms with E-state index in [0.29, 0.717) is 13.0 Å². The predicted molar refractivity (Wildman–Crippen MR) is 73.2 cm³/mol. The Morgan fingerprint density at radius 3 is 2.48 bits per heavy atom. The van der Waals surface area contributed by atoms with Gasteiger partial charge in [0.15, 0.2) is 0 Å². The van der Waals surface area contributed by atoms with Crippen molar-refractivity contribution >= 4 is 0 Å². The number of nitrogens with one attached hydrogen (secondary N) is 1. The molecule has 0 saturated heterocycles. The fourth-order valence-electron chi connectivity index (χ4n) is 3.17. The minimum Gasteiger partial charge on any atom is -0.406 e. The maximum absolute atomic E-state index is 12.2. The molecule has 0 aromatic heterocycles. The van der Waals surface area contributed by atoms with Gasteiger partial charge in [-0.05, 0) is 37.6 Å². The van der Waals surface area contributed by atoms with E-state index < -0.39 is 17.9 Å². The van der Waals surface area contributed by atoms with Crippen molar-refractivity contribution in [2.45, 2.75) is 43.6 Å². The van der Waals surface area contributed by atoms with Gasteiger partial charge in [-0.1, -0.05) is 25.0 Å². The summed E-state index contributed by atoms with van der Waals surface area (Å²) in [7, 11) is 1.81. The minimum absolute atomic E-state index is 0.240. The number of hydrogen-bond acceptors (Lipinski definition) is 3. The normalized spacial score (nSPS) is 26.6. The molecule has 1 aliphatic rings. The number of hydrogen-bond donors (Lipinski definition) is 2. The summed E-state index contributed by atoms with van der Waals surface area (Å²) in [6, 6.07) is 5.85. The molecule has 118 valence electrons. The number of aliphatic hydroxyl groups excluding tert-OH is 1. The molecule has 0 radical (unpaired) electrons. The number of benzene rings is 1. The van der Waals surface area contributed by atoms with E-state index in [1.807, 2.05) is 7.05 Å². The second-order valence-electron chi connectivity index (χ2n) is 5.52. The number of rotatable bonds is 4. The molecule has 0 spiro atoms. The third kappa shape index (κ3) is 3.68. The molecule has 1 fully saturated rings. The smallest absolute Gasteiger partial charge is 0.406 e. The lowest BCUT2D eigenvalue weighted by Crippen LogP contribution is -2.48. The third-order valence-corrected chi connectivity index (χ3v) is 4.14. The van der Waals surface area contributed by atoms with E-state index in [9.17, 15) is 18.3 Å². The Labute approximate surface area is 122 Å². The van der Waals surface area contributed by atoms with E-state index in [1.165, 1.54) is 12.1 Å². The average Bonchev–Trinajstić information content (AvgIpc) is 2.41. The zero-order valence-electron chi connectivity index (χ0n) is 11.9. The molecule has 1 saturated carbocycles. The second-order valence-corrected chi connectivity index (χ2v) is 5.52. The summed E-state index contributed by atoms with van der Waals surface area (Å²) in [5.74, 6) is -0.240. The Hall–Kier alpha value is -1.27. The summed E-state index contributed by atoms with van der Waals surface area (Å²) >= 11 is 0. The van der Waals surface area contributed by atoms with Crippen molar-refractivity contribution in [3.8, 4) is 5.75 Å². The SMILES string of the molecule is CNCC1(c2ccc(OC(F)(F)F)cc2)CCCCC1O. The highest BCUT2D eigenvalue weighted by Gasteiger charge is 2.41. The van der Waals surface area contributed by atoms with Gasteiger partial charge in [0.05, 0.1) is 6.10 Å². The van der Waals surface area contributed by atoms with Gasteiger partial charge in [0.2, 0.25) is 0 Å². The maximum Gasteiger partial charge on any atom is 0.573 e. The summed E-state index contributed by atoms with van der Waals surface area (Å²) in [6.45, 7) is 0.591. The maximum atomic E-state index is 12.2. The van der Waals surface area contributed by atoms with Crippen LogP contribution in [0.4, 0.5) is 13.2 Å². The fourth-order valence-corrected chi connectivity index (χ4v) is 3.17. The van der Waals surface area contributed by atoms with Gasteiger partial charge in [-0.25, -0.2) is 0 Å². The molecule has 2 rings (SSSR count). The van der Waals surface area contributed by atoms with Crippen LogP contribution in [0.15, 0.2) is 24.3 Å². The van der Waals surface area contributed by atoms with Gasteiger partial charge in [-0.3, -0.25) is 0 Å². The predicted octanol–water partition coefficient (Wildman–Crippen LogP) is 2.98. The molecule has 2 unspecified atom stereocenters. The first-order valence-electron chi connectivity index (χ1n) is 7.06. The third-order valence-electron chi connectivity index (χ3n) is 4.14. The standard InChI is InChI=1S/C15H20F3NO2/c1-19-10-14(9-3-2-4-13(14)20)11-5-7-12(8-6-11)21-15(16,17)18/h5-8,13,19-20H,2-4,9-10H2,1H3. The first-order valence-corrected chi connectivity index (χ1v) is 7.06. The molecule has 0 amide bonds. The zero-order chi connectivity index (χ0) is 15.5. The lowest BCUT2D eigenvalue weighted by atomic mass is 9.67. The lowest BCUT2D eigenvalue weighted by molar-refractivity contribution is -0.274. The first-order chi connectivity index (χ1) is 9.87. The van der Waals surface area contributed by atoms with Crippen LogP contribution in [0.3, 0.4) is 0 Å². The quantitative estimate of drug-likeness (QED) is 0.898. The van der Waals surface area contributed by atoms with Crippen LogP contribution in [-0.4, -0.2) is 31.2 Å². The molecule has 21 heavy (non-hydrogen) atoms. The van der Waals surface area contributed by atoms with Gasteiger partial charge in [-0.2, -0.15) is 0 Å². The van der Waals surface area contributed by atoms with Gasteiger partial charge < -0.3 is 15.2 Å². The number of ether oxygens (including phenoxy) is 1. The molecular formula is C15H20F3NO2. The van der Waals surface area contributed by atoms with Crippen molar-refractivity contribution < 1.29 is 23.0 Å². The molecule has 1 aromatic rings. The number of halogens is 3. The Morgan fingerprint density at radius 1 is 1.29 bits per heavy atom. The molecule has 0 heterocycles. The molecule has 1 aliphatic carbocycles. The highest BCUT2D eigenvalue weighted by Crippen LogP contribution is 2.40. The van der Waals surface area contributed by atoms with Crippen LogP contribution in [0.2, 0.25) is 0 Å². The molecule has 0 bridgehead atoms. The van der Waals surface area contributed by atoms with Crippen LogP contribution in [0.1, 0.15) is 31.2 Å². The Kier molecular flexibility index (Phi) is 4.78. The molecule has 2 atom stereocenters. The van der Waals surface area contributed by atoms with Crippen LogP contribution in [0.25, 0.3) is 0 Å². The largest absolute Gasteiger partial charge is 0.573 e. The first kappa shape index (κ1) is 16.1. The topological polar surface area (TPSA) is 41.5 Å². The summed E-state index contributed by atoms with van der Waals surface area (Å²) in [4.78, 5) is 0. The molecule has 2 N–H and O–H groups in total. The van der Waals surface area contributed by atoms with E-state index in [4.69, 9.17) is 0 Å². The van der Waals surface area contributed by atoms with Crippen molar-refractivity contribution in [3.63, 3.8) is 0 Å². The zero-order valence-corrected chi connectivity index (χ0v) is 11.9. The lowest BCUT2D eigenvalue weighted by Gasteiger charge is -2.42. The molecule has 0 aliphatic heterocycles. The Bertz CT molecular complexity index is 457. The highest BCUT2D eigenvalue weighted by molar-refractivity contribution is 5.34. The van der Waals surface area contributed by atoms with E-state index >= 15 is 0 Å². The van der Waals surface area contributed by atoms with Crippen molar-refractivity contribution in [1.29, 1.82) is 0 Å².